The topological polar surface area (TPSA) is 89.8 Å². The number of amides is 1. The second-order valence-electron chi connectivity index (χ2n) is 7.57. The van der Waals surface area contributed by atoms with E-state index in [0.717, 1.165) is 12.8 Å². The molecule has 0 saturated heterocycles. The number of nitrogens with one attached hydrogen (secondary N) is 1. The molecule has 5 heteroatoms. The van der Waals surface area contributed by atoms with Gasteiger partial charge in [-0.05, 0) is 13.3 Å². The van der Waals surface area contributed by atoms with E-state index in [2.05, 4.69) is 12.2 Å². The number of unbranched alkanes of at least 4 members (excludes halogenated alkanes) is 12. The van der Waals surface area contributed by atoms with Crippen molar-refractivity contribution in [3.8, 4) is 0 Å². The molecule has 0 aliphatic rings. The van der Waals surface area contributed by atoms with Crippen LogP contribution in [0.15, 0.2) is 0 Å². The van der Waals surface area contributed by atoms with Crippen molar-refractivity contribution < 1.29 is 20.1 Å². The summed E-state index contributed by atoms with van der Waals surface area (Å²) >= 11 is 0. The Kier molecular flexibility index (Phi) is 17.3. The second-order valence-corrected chi connectivity index (χ2v) is 7.57. The summed E-state index contributed by atoms with van der Waals surface area (Å²) < 4.78 is 0. The van der Waals surface area contributed by atoms with Gasteiger partial charge < -0.3 is 20.6 Å². The summed E-state index contributed by atoms with van der Waals surface area (Å²) in [6.45, 7) is 3.29. The minimum atomic E-state index is -1.13. The Hall–Kier alpha value is -0.650. The highest BCUT2D eigenvalue weighted by atomic mass is 16.3. The van der Waals surface area contributed by atoms with Gasteiger partial charge >= 0.3 is 0 Å². The molecule has 0 bridgehead atoms. The van der Waals surface area contributed by atoms with Crippen LogP contribution in [0.1, 0.15) is 104 Å². The Balaban J connectivity index is 3.49. The zero-order chi connectivity index (χ0) is 19.6. The number of aliphatic hydroxyl groups is 3. The van der Waals surface area contributed by atoms with E-state index in [-0.39, 0.29) is 6.61 Å². The van der Waals surface area contributed by atoms with Crippen LogP contribution in [0.25, 0.3) is 0 Å². The van der Waals surface area contributed by atoms with Crippen LogP contribution in [0.4, 0.5) is 0 Å². The summed E-state index contributed by atoms with van der Waals surface area (Å²) in [5, 5.41) is 31.0. The van der Waals surface area contributed by atoms with Crippen LogP contribution in [0.2, 0.25) is 0 Å². The summed E-state index contributed by atoms with van der Waals surface area (Å²) in [5.41, 5.74) is 0. The largest absolute Gasteiger partial charge is 0.394 e. The molecule has 0 radical (unpaired) electrons. The Morgan fingerprint density at radius 3 is 1.62 bits per heavy atom. The van der Waals surface area contributed by atoms with Crippen LogP contribution in [0, 0.1) is 0 Å². The maximum atomic E-state index is 11.4. The van der Waals surface area contributed by atoms with Gasteiger partial charge in [-0.15, -0.1) is 0 Å². The quantitative estimate of drug-likeness (QED) is 0.276. The highest BCUT2D eigenvalue weighted by molar-refractivity contribution is 5.80. The molecule has 1 amide bonds. The smallest absolute Gasteiger partial charge is 0.248 e. The van der Waals surface area contributed by atoms with Crippen molar-refractivity contribution in [1.82, 2.24) is 5.32 Å². The fraction of sp³-hybridized carbons (Fsp3) is 0.952. The van der Waals surface area contributed by atoms with Crippen molar-refractivity contribution in [1.29, 1.82) is 0 Å². The zero-order valence-corrected chi connectivity index (χ0v) is 17.1. The maximum absolute atomic E-state index is 11.4. The highest BCUT2D eigenvalue weighted by Crippen LogP contribution is 2.14. The van der Waals surface area contributed by atoms with E-state index in [0.29, 0.717) is 6.42 Å². The van der Waals surface area contributed by atoms with Crippen LogP contribution < -0.4 is 5.32 Å². The predicted octanol–water partition coefficient (Wildman–Crippen LogP) is 3.69. The molecule has 5 nitrogen and oxygen atoms in total. The van der Waals surface area contributed by atoms with Gasteiger partial charge in [0.2, 0.25) is 5.91 Å². The van der Waals surface area contributed by atoms with Crippen molar-refractivity contribution in [2.24, 2.45) is 0 Å². The molecule has 26 heavy (non-hydrogen) atoms. The third-order valence-corrected chi connectivity index (χ3v) is 4.97. The summed E-state index contributed by atoms with van der Waals surface area (Å²) in [7, 11) is 0. The summed E-state index contributed by atoms with van der Waals surface area (Å²) in [6, 6.07) is -0.700. The van der Waals surface area contributed by atoms with Crippen LogP contribution in [0.3, 0.4) is 0 Å². The molecule has 0 aromatic rings. The minimum Gasteiger partial charge on any atom is -0.394 e. The third-order valence-electron chi connectivity index (χ3n) is 4.97. The van der Waals surface area contributed by atoms with Crippen LogP contribution in [-0.4, -0.2) is 46.1 Å². The first-order valence-electron chi connectivity index (χ1n) is 10.8. The molecule has 0 rings (SSSR count). The number of hydrogen-bond acceptors (Lipinski definition) is 4. The highest BCUT2D eigenvalue weighted by Gasteiger charge is 2.21. The standard InChI is InChI=1S/C21H43NO4/c1-3-4-5-6-7-8-9-10-11-12-13-14-15-16-20(25)19(17-23)22-21(26)18(2)24/h18-20,23-25H,3-17H2,1-2H3,(H,22,26)/t18-,19-,20+/m1/s1. The number of carbonyl (C=O) groups is 1. The Morgan fingerprint density at radius 2 is 1.23 bits per heavy atom. The second kappa shape index (κ2) is 17.7. The van der Waals surface area contributed by atoms with E-state index in [9.17, 15) is 20.1 Å². The Labute approximate surface area is 160 Å². The molecule has 0 aromatic carbocycles. The third kappa shape index (κ3) is 14.5. The predicted molar refractivity (Wildman–Crippen MR) is 107 cm³/mol. The first kappa shape index (κ1) is 25.4. The lowest BCUT2D eigenvalue weighted by Crippen LogP contribution is -2.48. The molecule has 0 spiro atoms. The lowest BCUT2D eigenvalue weighted by Gasteiger charge is -2.23. The molecule has 4 N–H and O–H groups in total. The van der Waals surface area contributed by atoms with Crippen LogP contribution in [0.5, 0.6) is 0 Å². The summed E-state index contributed by atoms with van der Waals surface area (Å²) in [6.07, 6.45) is 15.2. The molecule has 0 aliphatic heterocycles. The van der Waals surface area contributed by atoms with Gasteiger partial charge in [-0.3, -0.25) is 4.79 Å². The SMILES string of the molecule is CCCCCCCCCCCCCCC[C@H](O)[C@@H](CO)NC(=O)[C@@H](C)O. The van der Waals surface area contributed by atoms with E-state index in [1.807, 2.05) is 0 Å². The number of carbonyl (C=O) groups excluding carboxylic acids is 1. The maximum Gasteiger partial charge on any atom is 0.248 e. The van der Waals surface area contributed by atoms with Crippen LogP contribution >= 0.6 is 0 Å². The molecule has 156 valence electrons. The molecule has 0 fully saturated rings. The van der Waals surface area contributed by atoms with Crippen molar-refractivity contribution >= 4 is 5.91 Å². The summed E-state index contributed by atoms with van der Waals surface area (Å²) in [4.78, 5) is 11.4. The molecule has 0 unspecified atom stereocenters. The van der Waals surface area contributed by atoms with Crippen molar-refractivity contribution in [3.05, 3.63) is 0 Å². The van der Waals surface area contributed by atoms with Gasteiger partial charge in [-0.2, -0.15) is 0 Å². The lowest BCUT2D eigenvalue weighted by atomic mass is 10.0. The fourth-order valence-corrected chi connectivity index (χ4v) is 3.14. The Bertz CT molecular complexity index is 323. The molecular weight excluding hydrogens is 330 g/mol. The van der Waals surface area contributed by atoms with Crippen molar-refractivity contribution in [3.63, 3.8) is 0 Å². The fourth-order valence-electron chi connectivity index (χ4n) is 3.14. The number of rotatable bonds is 18. The van der Waals surface area contributed by atoms with Crippen molar-refractivity contribution in [2.45, 2.75) is 122 Å². The van der Waals surface area contributed by atoms with E-state index >= 15 is 0 Å². The van der Waals surface area contributed by atoms with Gasteiger partial charge in [0, 0.05) is 0 Å². The van der Waals surface area contributed by atoms with Gasteiger partial charge in [0.05, 0.1) is 18.8 Å². The molecule has 0 saturated carbocycles. The van der Waals surface area contributed by atoms with Gasteiger partial charge in [0.1, 0.15) is 6.10 Å². The molecule has 0 aliphatic carbocycles. The summed E-state index contributed by atoms with van der Waals surface area (Å²) in [5.74, 6) is -0.562. The van der Waals surface area contributed by atoms with Gasteiger partial charge in [-0.25, -0.2) is 0 Å². The van der Waals surface area contributed by atoms with Gasteiger partial charge in [0.25, 0.3) is 0 Å². The first-order valence-corrected chi connectivity index (χ1v) is 10.8. The normalized spacial score (nSPS) is 14.8. The van der Waals surface area contributed by atoms with E-state index in [1.54, 1.807) is 0 Å². The monoisotopic (exact) mass is 373 g/mol. The lowest BCUT2D eigenvalue weighted by molar-refractivity contribution is -0.130. The van der Waals surface area contributed by atoms with E-state index in [4.69, 9.17) is 0 Å². The number of hydrogen-bond donors (Lipinski definition) is 4. The molecule has 3 atom stereocenters. The average molecular weight is 374 g/mol. The Morgan fingerprint density at radius 1 is 0.808 bits per heavy atom. The van der Waals surface area contributed by atoms with Crippen molar-refractivity contribution in [2.75, 3.05) is 6.61 Å². The zero-order valence-electron chi connectivity index (χ0n) is 17.1. The van der Waals surface area contributed by atoms with Gasteiger partial charge in [-0.1, -0.05) is 90.4 Å². The van der Waals surface area contributed by atoms with Gasteiger partial charge in [0.15, 0.2) is 0 Å². The van der Waals surface area contributed by atoms with E-state index in [1.165, 1.54) is 77.6 Å². The molecular formula is C21H43NO4. The average Bonchev–Trinajstić information content (AvgIpc) is 2.62. The first-order chi connectivity index (χ1) is 12.5. The van der Waals surface area contributed by atoms with Crippen LogP contribution in [-0.2, 0) is 4.79 Å². The number of aliphatic hydroxyl groups excluding tert-OH is 3. The van der Waals surface area contributed by atoms with E-state index < -0.39 is 24.2 Å². The molecule has 0 aromatic heterocycles. The molecule has 0 heterocycles. The minimum absolute atomic E-state index is 0.321.